The lowest BCUT2D eigenvalue weighted by Gasteiger charge is -2.25. The van der Waals surface area contributed by atoms with Crippen molar-refractivity contribution in [2.24, 2.45) is 0 Å². The molecular weight excluding hydrogens is 429 g/mol. The highest BCUT2D eigenvalue weighted by Gasteiger charge is 2.15. The highest BCUT2D eigenvalue weighted by molar-refractivity contribution is 7.80. The first-order valence-corrected chi connectivity index (χ1v) is 11.3. The van der Waals surface area contributed by atoms with E-state index >= 15 is 0 Å². The van der Waals surface area contributed by atoms with E-state index in [0.29, 0.717) is 29.5 Å². The van der Waals surface area contributed by atoms with Gasteiger partial charge < -0.3 is 15.2 Å². The standard InChI is InChI=1S/C24H22FN3OS2/c1-2-16-5-10-22-17(12-16)13-18(23(29)27-22)14-28(15-21-4-3-11-31-21)24(30)26-20-8-6-19(25)7-9-20/h3-13H,2,14-15H2,1H3,(H,26,30)(H,27,29). The van der Waals surface area contributed by atoms with Crippen molar-refractivity contribution in [1.82, 2.24) is 9.88 Å². The Morgan fingerprint density at radius 2 is 1.94 bits per heavy atom. The largest absolute Gasteiger partial charge is 0.339 e. The van der Waals surface area contributed by atoms with Crippen molar-refractivity contribution >= 4 is 45.3 Å². The lowest BCUT2D eigenvalue weighted by molar-refractivity contribution is 0.415. The second-order valence-electron chi connectivity index (χ2n) is 7.27. The molecule has 4 rings (SSSR count). The smallest absolute Gasteiger partial charge is 0.253 e. The van der Waals surface area contributed by atoms with Crippen molar-refractivity contribution in [2.75, 3.05) is 5.32 Å². The van der Waals surface area contributed by atoms with E-state index in [4.69, 9.17) is 12.2 Å². The Hall–Kier alpha value is -3.03. The Morgan fingerprint density at radius 3 is 2.65 bits per heavy atom. The number of rotatable bonds is 6. The fourth-order valence-electron chi connectivity index (χ4n) is 3.37. The Balaban J connectivity index is 1.63. The Kier molecular flexibility index (Phi) is 6.44. The van der Waals surface area contributed by atoms with Gasteiger partial charge in [0.2, 0.25) is 0 Å². The Bertz CT molecular complexity index is 1250. The van der Waals surface area contributed by atoms with Gasteiger partial charge >= 0.3 is 0 Å². The van der Waals surface area contributed by atoms with Gasteiger partial charge in [0.05, 0.1) is 13.1 Å². The van der Waals surface area contributed by atoms with E-state index in [9.17, 15) is 9.18 Å². The number of thiocarbonyl (C=S) groups is 1. The summed E-state index contributed by atoms with van der Waals surface area (Å²) in [6.07, 6.45) is 0.931. The zero-order valence-corrected chi connectivity index (χ0v) is 18.7. The van der Waals surface area contributed by atoms with E-state index < -0.39 is 0 Å². The summed E-state index contributed by atoms with van der Waals surface area (Å²) in [5, 5.41) is 6.65. The van der Waals surface area contributed by atoms with Gasteiger partial charge in [-0.05, 0) is 83.5 Å². The summed E-state index contributed by atoms with van der Waals surface area (Å²) in [5.74, 6) is -0.305. The molecular formula is C24H22FN3OS2. The van der Waals surface area contributed by atoms with Crippen LogP contribution in [0.2, 0.25) is 0 Å². The number of pyridine rings is 1. The molecule has 2 aromatic carbocycles. The quantitative estimate of drug-likeness (QED) is 0.370. The summed E-state index contributed by atoms with van der Waals surface area (Å²) in [7, 11) is 0. The Labute approximate surface area is 189 Å². The van der Waals surface area contributed by atoms with Gasteiger partial charge in [0.1, 0.15) is 5.82 Å². The van der Waals surface area contributed by atoms with Crippen LogP contribution in [0.1, 0.15) is 22.9 Å². The molecule has 0 aliphatic heterocycles. The van der Waals surface area contributed by atoms with Crippen LogP contribution in [0.4, 0.5) is 10.1 Å². The van der Waals surface area contributed by atoms with Crippen LogP contribution < -0.4 is 10.9 Å². The predicted octanol–water partition coefficient (Wildman–Crippen LogP) is 5.69. The number of fused-ring (bicyclic) bond motifs is 1. The molecule has 0 aliphatic rings. The molecule has 2 N–H and O–H groups in total. The van der Waals surface area contributed by atoms with Crippen LogP contribution in [0, 0.1) is 5.82 Å². The molecule has 2 heterocycles. The van der Waals surface area contributed by atoms with Gasteiger partial charge in [-0.1, -0.05) is 19.1 Å². The molecule has 4 aromatic rings. The molecule has 2 aromatic heterocycles. The fourth-order valence-corrected chi connectivity index (χ4v) is 4.34. The highest BCUT2D eigenvalue weighted by atomic mass is 32.1. The number of anilines is 1. The van der Waals surface area contributed by atoms with Gasteiger partial charge in [-0.2, -0.15) is 0 Å². The molecule has 0 saturated carbocycles. The van der Waals surface area contributed by atoms with Crippen LogP contribution in [0.3, 0.4) is 0 Å². The minimum absolute atomic E-state index is 0.127. The van der Waals surface area contributed by atoms with Crippen molar-refractivity contribution in [2.45, 2.75) is 26.4 Å². The van der Waals surface area contributed by atoms with Crippen LogP contribution in [0.15, 0.2) is 70.8 Å². The third kappa shape index (κ3) is 5.18. The van der Waals surface area contributed by atoms with E-state index in [1.807, 2.05) is 40.6 Å². The van der Waals surface area contributed by atoms with Gasteiger partial charge in [-0.3, -0.25) is 4.79 Å². The van der Waals surface area contributed by atoms with Crippen LogP contribution in [0.5, 0.6) is 0 Å². The molecule has 158 valence electrons. The van der Waals surface area contributed by atoms with Crippen LogP contribution in [-0.2, 0) is 19.5 Å². The SMILES string of the molecule is CCc1ccc2[nH]c(=O)c(CN(Cc3cccs3)C(=S)Nc3ccc(F)cc3)cc2c1. The second kappa shape index (κ2) is 9.41. The number of aryl methyl sites for hydroxylation is 1. The predicted molar refractivity (Wildman–Crippen MR) is 130 cm³/mol. The van der Waals surface area contributed by atoms with Gasteiger partial charge in [0.15, 0.2) is 5.11 Å². The number of nitrogens with one attached hydrogen (secondary N) is 2. The maximum atomic E-state index is 13.2. The number of aromatic amines is 1. The molecule has 0 unspecified atom stereocenters. The van der Waals surface area contributed by atoms with Crippen molar-refractivity contribution in [1.29, 1.82) is 0 Å². The van der Waals surface area contributed by atoms with Crippen molar-refractivity contribution < 1.29 is 4.39 Å². The summed E-state index contributed by atoms with van der Waals surface area (Å²) in [6.45, 7) is 3.03. The van der Waals surface area contributed by atoms with Crippen molar-refractivity contribution in [3.05, 3.63) is 98.2 Å². The first-order valence-electron chi connectivity index (χ1n) is 10.0. The van der Waals surface area contributed by atoms with Crippen molar-refractivity contribution in [3.8, 4) is 0 Å². The Morgan fingerprint density at radius 1 is 1.13 bits per heavy atom. The molecule has 0 spiro atoms. The average molecular weight is 452 g/mol. The first-order chi connectivity index (χ1) is 15.0. The summed E-state index contributed by atoms with van der Waals surface area (Å²) in [5.41, 5.74) is 3.25. The fraction of sp³-hybridized carbons (Fsp3) is 0.167. The summed E-state index contributed by atoms with van der Waals surface area (Å²) in [6, 6.07) is 18.1. The molecule has 0 bridgehead atoms. The zero-order chi connectivity index (χ0) is 21.8. The molecule has 7 heteroatoms. The minimum Gasteiger partial charge on any atom is -0.339 e. The first kappa shape index (κ1) is 21.2. The maximum Gasteiger partial charge on any atom is 0.253 e. The minimum atomic E-state index is -0.305. The van der Waals surface area contributed by atoms with Gasteiger partial charge in [-0.25, -0.2) is 4.39 Å². The molecule has 0 fully saturated rings. The molecule has 0 aliphatic carbocycles. The summed E-state index contributed by atoms with van der Waals surface area (Å²) < 4.78 is 13.2. The number of hydrogen-bond donors (Lipinski definition) is 2. The number of aromatic nitrogens is 1. The van der Waals surface area contributed by atoms with Crippen molar-refractivity contribution in [3.63, 3.8) is 0 Å². The van der Waals surface area contributed by atoms with Crippen LogP contribution in [-0.4, -0.2) is 15.0 Å². The number of thiophene rings is 1. The molecule has 0 radical (unpaired) electrons. The van der Waals surface area contributed by atoms with E-state index in [2.05, 4.69) is 23.3 Å². The average Bonchev–Trinajstić information content (AvgIpc) is 3.28. The van der Waals surface area contributed by atoms with Gasteiger partial charge in [0, 0.05) is 21.6 Å². The summed E-state index contributed by atoms with van der Waals surface area (Å²) in [4.78, 5) is 18.8. The normalized spacial score (nSPS) is 10.9. The highest BCUT2D eigenvalue weighted by Crippen LogP contribution is 2.19. The lowest BCUT2D eigenvalue weighted by Crippen LogP contribution is -2.35. The zero-order valence-electron chi connectivity index (χ0n) is 17.0. The topological polar surface area (TPSA) is 48.1 Å². The number of halogens is 1. The van der Waals surface area contributed by atoms with Gasteiger partial charge in [0.25, 0.3) is 5.56 Å². The number of H-pyrrole nitrogens is 1. The molecule has 0 amide bonds. The molecule has 0 atom stereocenters. The van der Waals surface area contributed by atoms with Crippen LogP contribution >= 0.6 is 23.6 Å². The molecule has 4 nitrogen and oxygen atoms in total. The number of hydrogen-bond acceptors (Lipinski definition) is 3. The van der Waals surface area contributed by atoms with Crippen LogP contribution in [0.25, 0.3) is 10.9 Å². The monoisotopic (exact) mass is 451 g/mol. The number of benzene rings is 2. The van der Waals surface area contributed by atoms with E-state index in [0.717, 1.165) is 22.2 Å². The van der Waals surface area contributed by atoms with Gasteiger partial charge in [-0.15, -0.1) is 11.3 Å². The molecule has 31 heavy (non-hydrogen) atoms. The second-order valence-corrected chi connectivity index (χ2v) is 8.69. The third-order valence-corrected chi connectivity index (χ3v) is 6.29. The number of nitrogens with zero attached hydrogens (tertiary/aromatic N) is 1. The van der Waals surface area contributed by atoms with E-state index in [1.165, 1.54) is 17.7 Å². The third-order valence-electron chi connectivity index (χ3n) is 5.06. The van der Waals surface area contributed by atoms with E-state index in [-0.39, 0.29) is 11.4 Å². The lowest BCUT2D eigenvalue weighted by atomic mass is 10.1. The van der Waals surface area contributed by atoms with E-state index in [1.54, 1.807) is 23.5 Å². The maximum absolute atomic E-state index is 13.2. The molecule has 0 saturated heterocycles. The summed E-state index contributed by atoms with van der Waals surface area (Å²) >= 11 is 7.29.